The van der Waals surface area contributed by atoms with Crippen molar-refractivity contribution in [1.29, 1.82) is 0 Å². The highest BCUT2D eigenvalue weighted by Crippen LogP contribution is 2.30. The minimum Gasteiger partial charge on any atom is -0.475 e. The first-order valence-corrected chi connectivity index (χ1v) is 11.0. The molecule has 0 unspecified atom stereocenters. The minimum absolute atomic E-state index is 0.0666. The molecule has 3 aromatic rings. The van der Waals surface area contributed by atoms with Gasteiger partial charge in [0, 0.05) is 43.2 Å². The zero-order valence-electron chi connectivity index (χ0n) is 18.2. The first-order valence-electron chi connectivity index (χ1n) is 10.1. The molecule has 1 aliphatic heterocycles. The Bertz CT molecular complexity index is 1130. The minimum atomic E-state index is -5.08. The molecule has 0 saturated carbocycles. The van der Waals surface area contributed by atoms with Gasteiger partial charge in [-0.25, -0.2) is 9.78 Å². The molecule has 0 atom stereocenters. The lowest BCUT2D eigenvalue weighted by atomic mass is 10.1. The third-order valence-corrected chi connectivity index (χ3v) is 5.93. The van der Waals surface area contributed by atoms with E-state index >= 15 is 0 Å². The number of thiazole rings is 1. The van der Waals surface area contributed by atoms with Gasteiger partial charge < -0.3 is 14.5 Å². The lowest BCUT2D eigenvalue weighted by molar-refractivity contribution is -0.192. The fraction of sp³-hybridized carbons (Fsp3) is 0.429. The van der Waals surface area contributed by atoms with Crippen molar-refractivity contribution in [3.63, 3.8) is 0 Å². The monoisotopic (exact) mass is 484 g/mol. The maximum Gasteiger partial charge on any atom is 0.490 e. The van der Waals surface area contributed by atoms with Gasteiger partial charge in [-0.1, -0.05) is 5.16 Å². The number of aromatic nitrogens is 2. The smallest absolute Gasteiger partial charge is 0.475 e. The molecule has 2 aromatic heterocycles. The average molecular weight is 485 g/mol. The number of aliphatic carboxylic acids is 1. The molecule has 3 heterocycles. The SMILES string of the molecule is Cc1nc(-c2noc3ccc(C(=O)N4CCN(C(C)C)CC4)cc23)cs1.O=C(O)C(F)(F)F. The van der Waals surface area contributed by atoms with Crippen molar-refractivity contribution in [2.75, 3.05) is 26.2 Å². The average Bonchev–Trinajstić information content (AvgIpc) is 3.38. The molecule has 1 fully saturated rings. The number of nitrogens with zero attached hydrogens (tertiary/aromatic N) is 4. The molecule has 0 spiro atoms. The molecule has 1 amide bonds. The first kappa shape index (κ1) is 24.6. The zero-order valence-corrected chi connectivity index (χ0v) is 19.0. The molecule has 0 bridgehead atoms. The highest BCUT2D eigenvalue weighted by atomic mass is 32.1. The predicted octanol–water partition coefficient (Wildman–Crippen LogP) is 4.06. The van der Waals surface area contributed by atoms with Crippen LogP contribution in [0.3, 0.4) is 0 Å². The summed E-state index contributed by atoms with van der Waals surface area (Å²) in [5.41, 5.74) is 2.84. The second-order valence-electron chi connectivity index (χ2n) is 7.72. The van der Waals surface area contributed by atoms with Crippen LogP contribution in [0.1, 0.15) is 29.2 Å². The van der Waals surface area contributed by atoms with Crippen molar-refractivity contribution in [1.82, 2.24) is 19.9 Å². The first-order chi connectivity index (χ1) is 15.5. The molecular formula is C21H23F3N4O4S. The normalized spacial score (nSPS) is 14.9. The Morgan fingerprint density at radius 2 is 1.82 bits per heavy atom. The summed E-state index contributed by atoms with van der Waals surface area (Å²) in [6.07, 6.45) is -5.08. The third-order valence-electron chi connectivity index (χ3n) is 5.15. The van der Waals surface area contributed by atoms with Gasteiger partial charge in [-0.15, -0.1) is 11.3 Å². The Balaban J connectivity index is 0.000000383. The molecule has 4 rings (SSSR count). The summed E-state index contributed by atoms with van der Waals surface area (Å²) in [7, 11) is 0. The molecule has 33 heavy (non-hydrogen) atoms. The van der Waals surface area contributed by atoms with Crippen LogP contribution in [0.15, 0.2) is 28.1 Å². The van der Waals surface area contributed by atoms with E-state index in [1.165, 1.54) is 0 Å². The molecule has 1 aromatic carbocycles. The molecular weight excluding hydrogens is 461 g/mol. The van der Waals surface area contributed by atoms with Gasteiger partial charge in [-0.05, 0) is 39.0 Å². The highest BCUT2D eigenvalue weighted by Gasteiger charge is 2.38. The van der Waals surface area contributed by atoms with Gasteiger partial charge in [0.25, 0.3) is 5.91 Å². The fourth-order valence-corrected chi connectivity index (χ4v) is 3.95. The predicted molar refractivity (Wildman–Crippen MR) is 116 cm³/mol. The Morgan fingerprint density at radius 3 is 2.33 bits per heavy atom. The van der Waals surface area contributed by atoms with Gasteiger partial charge in [0.05, 0.1) is 10.4 Å². The Kier molecular flexibility index (Phi) is 7.38. The van der Waals surface area contributed by atoms with Crippen LogP contribution >= 0.6 is 11.3 Å². The van der Waals surface area contributed by atoms with E-state index in [1.54, 1.807) is 11.3 Å². The molecule has 1 saturated heterocycles. The summed E-state index contributed by atoms with van der Waals surface area (Å²) in [6, 6.07) is 6.04. The number of carboxylic acid groups (broad SMARTS) is 1. The number of fused-ring (bicyclic) bond motifs is 1. The van der Waals surface area contributed by atoms with E-state index < -0.39 is 12.1 Å². The molecule has 12 heteroatoms. The quantitative estimate of drug-likeness (QED) is 0.599. The van der Waals surface area contributed by atoms with Crippen LogP contribution in [0.5, 0.6) is 0 Å². The number of halogens is 3. The second-order valence-corrected chi connectivity index (χ2v) is 8.78. The summed E-state index contributed by atoms with van der Waals surface area (Å²) in [5.74, 6) is -2.69. The number of alkyl halides is 3. The third kappa shape index (κ3) is 5.88. The van der Waals surface area contributed by atoms with E-state index in [0.29, 0.717) is 22.9 Å². The van der Waals surface area contributed by atoms with E-state index in [1.807, 2.05) is 35.4 Å². The summed E-state index contributed by atoms with van der Waals surface area (Å²) in [4.78, 5) is 30.6. The Hall–Kier alpha value is -2.99. The van der Waals surface area contributed by atoms with Gasteiger partial charge in [-0.3, -0.25) is 9.69 Å². The van der Waals surface area contributed by atoms with Crippen LogP contribution in [-0.2, 0) is 4.79 Å². The van der Waals surface area contributed by atoms with Crippen LogP contribution in [0.2, 0.25) is 0 Å². The van der Waals surface area contributed by atoms with Crippen LogP contribution in [-0.4, -0.2) is 75.3 Å². The molecule has 0 aliphatic carbocycles. The number of rotatable bonds is 3. The van der Waals surface area contributed by atoms with E-state index in [-0.39, 0.29) is 5.91 Å². The van der Waals surface area contributed by atoms with Crippen LogP contribution in [0.4, 0.5) is 13.2 Å². The number of carbonyl (C=O) groups is 2. The lowest BCUT2D eigenvalue weighted by Crippen LogP contribution is -2.50. The van der Waals surface area contributed by atoms with E-state index in [0.717, 1.165) is 42.3 Å². The fourth-order valence-electron chi connectivity index (χ4n) is 3.35. The van der Waals surface area contributed by atoms with Crippen molar-refractivity contribution in [2.24, 2.45) is 0 Å². The molecule has 0 radical (unpaired) electrons. The van der Waals surface area contributed by atoms with Crippen LogP contribution < -0.4 is 0 Å². The van der Waals surface area contributed by atoms with Crippen molar-refractivity contribution >= 4 is 34.2 Å². The van der Waals surface area contributed by atoms with Crippen molar-refractivity contribution < 1.29 is 32.4 Å². The number of hydrogen-bond donors (Lipinski definition) is 1. The summed E-state index contributed by atoms with van der Waals surface area (Å²) < 4.78 is 37.2. The second kappa shape index (κ2) is 9.87. The number of amides is 1. The topological polar surface area (TPSA) is 99.8 Å². The Labute approximate surface area is 191 Å². The zero-order chi connectivity index (χ0) is 24.3. The Morgan fingerprint density at radius 1 is 1.18 bits per heavy atom. The van der Waals surface area contributed by atoms with Crippen molar-refractivity contribution in [3.05, 3.63) is 34.2 Å². The lowest BCUT2D eigenvalue weighted by Gasteiger charge is -2.36. The van der Waals surface area contributed by atoms with Crippen molar-refractivity contribution in [2.45, 2.75) is 33.0 Å². The van der Waals surface area contributed by atoms with Gasteiger partial charge >= 0.3 is 12.1 Å². The molecule has 8 nitrogen and oxygen atoms in total. The number of carboxylic acids is 1. The van der Waals surface area contributed by atoms with Gasteiger partial charge in [-0.2, -0.15) is 13.2 Å². The van der Waals surface area contributed by atoms with Crippen LogP contribution in [0.25, 0.3) is 22.4 Å². The van der Waals surface area contributed by atoms with Crippen LogP contribution in [0, 0.1) is 6.92 Å². The molecule has 178 valence electrons. The number of carbonyl (C=O) groups excluding carboxylic acids is 1. The molecule has 1 N–H and O–H groups in total. The van der Waals surface area contributed by atoms with Crippen molar-refractivity contribution in [3.8, 4) is 11.4 Å². The highest BCUT2D eigenvalue weighted by molar-refractivity contribution is 7.09. The van der Waals surface area contributed by atoms with E-state index in [2.05, 4.69) is 28.9 Å². The van der Waals surface area contributed by atoms with E-state index in [9.17, 15) is 18.0 Å². The maximum atomic E-state index is 12.9. The summed E-state index contributed by atoms with van der Waals surface area (Å²) in [5, 5.41) is 15.1. The number of piperazine rings is 1. The number of hydrogen-bond acceptors (Lipinski definition) is 7. The van der Waals surface area contributed by atoms with Gasteiger partial charge in [0.1, 0.15) is 11.4 Å². The number of benzene rings is 1. The largest absolute Gasteiger partial charge is 0.490 e. The number of aryl methyl sites for hydroxylation is 1. The molecule has 1 aliphatic rings. The maximum absolute atomic E-state index is 12.9. The van der Waals surface area contributed by atoms with Gasteiger partial charge in [0.2, 0.25) is 0 Å². The van der Waals surface area contributed by atoms with E-state index in [4.69, 9.17) is 14.4 Å². The summed E-state index contributed by atoms with van der Waals surface area (Å²) >= 11 is 1.57. The standard InChI is InChI=1S/C19H22N4O2S.C2HF3O2/c1-12(2)22-6-8-23(9-7-22)19(24)14-4-5-17-15(10-14)18(21-25-17)16-11-26-13(3)20-16;3-2(4,5)1(6)7/h4-5,10-12H,6-9H2,1-3H3;(H,6,7). The van der Waals surface area contributed by atoms with Gasteiger partial charge in [0.15, 0.2) is 5.58 Å². The summed E-state index contributed by atoms with van der Waals surface area (Å²) in [6.45, 7) is 9.71.